The molecule has 2 aromatic heterocycles. The summed E-state index contributed by atoms with van der Waals surface area (Å²) in [5.74, 6) is 0.176. The minimum atomic E-state index is -0.729. The Morgan fingerprint density at radius 3 is 2.38 bits per heavy atom. The van der Waals surface area contributed by atoms with Crippen molar-refractivity contribution < 1.29 is 18.7 Å². The van der Waals surface area contributed by atoms with Crippen LogP contribution in [0, 0.1) is 5.82 Å². The fraction of sp³-hybridized carbons (Fsp3) is 0.224. The molecule has 8 rings (SSSR count). The Hall–Kier alpha value is -6.01. The average Bonchev–Trinajstić information content (AvgIpc) is 3.20. The van der Waals surface area contributed by atoms with Gasteiger partial charge in [0.05, 0.1) is 17.7 Å². The Balaban J connectivity index is 1.30. The van der Waals surface area contributed by atoms with E-state index in [9.17, 15) is 14.3 Å². The van der Waals surface area contributed by atoms with E-state index in [1.165, 1.54) is 40.6 Å². The molecule has 5 nitrogen and oxygen atoms in total. The number of aromatic hydroxyl groups is 1. The molecule has 2 atom stereocenters. The lowest BCUT2D eigenvalue weighted by Gasteiger charge is -2.33. The average molecular weight is 730 g/mol. The summed E-state index contributed by atoms with van der Waals surface area (Å²) in [5, 5.41) is 10.9. The number of aromatic nitrogens is 1. The molecule has 2 heterocycles. The van der Waals surface area contributed by atoms with Crippen molar-refractivity contribution in [3.05, 3.63) is 182 Å². The molecule has 55 heavy (non-hydrogen) atoms. The number of ether oxygens (including phenoxy) is 1. The SMILES string of the molecule is CC(C)c1nc(C(C)C)c(COc2ccccc2)c(-c2ccc(F)cc2)c1C=CC1Cc2c(ccc3c2C(c2ccoc(=O)c2O)CC=C3)-c2ccccc21. The normalized spacial score (nSPS) is 16.0. The summed E-state index contributed by atoms with van der Waals surface area (Å²) in [4.78, 5) is 17.8. The van der Waals surface area contributed by atoms with Gasteiger partial charge in [-0.1, -0.05) is 119 Å². The Labute approximate surface area is 321 Å². The Morgan fingerprint density at radius 1 is 0.873 bits per heavy atom. The first-order chi connectivity index (χ1) is 26.7. The van der Waals surface area contributed by atoms with Crippen molar-refractivity contribution in [1.82, 2.24) is 4.98 Å². The molecule has 0 aliphatic heterocycles. The van der Waals surface area contributed by atoms with Gasteiger partial charge >= 0.3 is 5.63 Å². The van der Waals surface area contributed by atoms with Crippen LogP contribution in [0.4, 0.5) is 4.39 Å². The summed E-state index contributed by atoms with van der Waals surface area (Å²) < 4.78 is 25.9. The molecular formula is C49H44FNO4. The highest BCUT2D eigenvalue weighted by Crippen LogP contribution is 2.49. The minimum absolute atomic E-state index is 0.00562. The molecule has 0 saturated carbocycles. The van der Waals surface area contributed by atoms with Gasteiger partial charge in [0.2, 0.25) is 5.75 Å². The summed E-state index contributed by atoms with van der Waals surface area (Å²) in [7, 11) is 0. The fourth-order valence-electron chi connectivity index (χ4n) is 8.45. The molecule has 0 saturated heterocycles. The summed E-state index contributed by atoms with van der Waals surface area (Å²) in [6, 6.07) is 31.2. The van der Waals surface area contributed by atoms with Gasteiger partial charge in [0.15, 0.2) is 0 Å². The minimum Gasteiger partial charge on any atom is -0.502 e. The molecule has 6 heteroatoms. The molecule has 0 radical (unpaired) electrons. The van der Waals surface area contributed by atoms with Crippen LogP contribution in [-0.2, 0) is 13.0 Å². The maximum atomic E-state index is 14.4. The number of hydrogen-bond acceptors (Lipinski definition) is 5. The predicted molar refractivity (Wildman–Crippen MR) is 218 cm³/mol. The summed E-state index contributed by atoms with van der Waals surface area (Å²) in [6.45, 7) is 8.96. The van der Waals surface area contributed by atoms with Gasteiger partial charge in [0.25, 0.3) is 0 Å². The zero-order valence-corrected chi connectivity index (χ0v) is 31.6. The molecule has 0 spiro atoms. The predicted octanol–water partition coefficient (Wildman–Crippen LogP) is 11.9. The highest BCUT2D eigenvalue weighted by molar-refractivity contribution is 5.83. The summed E-state index contributed by atoms with van der Waals surface area (Å²) >= 11 is 0. The van der Waals surface area contributed by atoms with Gasteiger partial charge in [0.1, 0.15) is 18.2 Å². The third-order valence-electron chi connectivity index (χ3n) is 11.0. The van der Waals surface area contributed by atoms with Crippen LogP contribution < -0.4 is 10.4 Å². The third kappa shape index (κ3) is 6.82. The monoisotopic (exact) mass is 729 g/mol. The lowest BCUT2D eigenvalue weighted by atomic mass is 9.71. The Bertz CT molecular complexity index is 2490. The van der Waals surface area contributed by atoms with Crippen LogP contribution in [0.3, 0.4) is 0 Å². The fourth-order valence-corrected chi connectivity index (χ4v) is 8.45. The molecule has 2 aliphatic carbocycles. The van der Waals surface area contributed by atoms with Crippen LogP contribution in [0.1, 0.15) is 108 Å². The van der Waals surface area contributed by atoms with Gasteiger partial charge in [-0.05, 0) is 99.5 Å². The molecule has 6 aromatic rings. The molecule has 1 N–H and O–H groups in total. The number of halogens is 1. The number of fused-ring (bicyclic) bond motifs is 5. The van der Waals surface area contributed by atoms with Crippen LogP contribution in [0.15, 0.2) is 125 Å². The topological polar surface area (TPSA) is 72.6 Å². The molecule has 0 fully saturated rings. The smallest absolute Gasteiger partial charge is 0.378 e. The van der Waals surface area contributed by atoms with E-state index in [1.54, 1.807) is 6.07 Å². The second-order valence-corrected chi connectivity index (χ2v) is 15.1. The molecular weight excluding hydrogens is 686 g/mol. The van der Waals surface area contributed by atoms with Crippen molar-refractivity contribution in [1.29, 1.82) is 0 Å². The first-order valence-corrected chi connectivity index (χ1v) is 19.1. The first-order valence-electron chi connectivity index (χ1n) is 19.1. The van der Waals surface area contributed by atoms with Gasteiger partial charge in [0, 0.05) is 28.5 Å². The number of para-hydroxylation sites is 1. The van der Waals surface area contributed by atoms with Crippen LogP contribution in [-0.4, -0.2) is 10.1 Å². The van der Waals surface area contributed by atoms with Gasteiger partial charge in [-0.3, -0.25) is 4.98 Å². The second kappa shape index (κ2) is 15.0. The maximum absolute atomic E-state index is 14.4. The molecule has 2 unspecified atom stereocenters. The van der Waals surface area contributed by atoms with E-state index in [0.717, 1.165) is 56.9 Å². The zero-order chi connectivity index (χ0) is 38.2. The van der Waals surface area contributed by atoms with Crippen LogP contribution >= 0.6 is 0 Å². The van der Waals surface area contributed by atoms with E-state index in [4.69, 9.17) is 14.1 Å². The molecule has 4 aromatic carbocycles. The van der Waals surface area contributed by atoms with Gasteiger partial charge in [-0.25, -0.2) is 9.18 Å². The largest absolute Gasteiger partial charge is 0.502 e. The zero-order valence-electron chi connectivity index (χ0n) is 31.6. The molecule has 0 amide bonds. The van der Waals surface area contributed by atoms with E-state index in [2.05, 4.69) is 88.4 Å². The Morgan fingerprint density at radius 2 is 1.62 bits per heavy atom. The van der Waals surface area contributed by atoms with Crippen molar-refractivity contribution >= 4 is 12.2 Å². The summed E-state index contributed by atoms with van der Waals surface area (Å²) in [6.07, 6.45) is 11.5. The molecule has 276 valence electrons. The lowest BCUT2D eigenvalue weighted by Crippen LogP contribution is -2.17. The van der Waals surface area contributed by atoms with Gasteiger partial charge < -0.3 is 14.3 Å². The molecule has 2 aliphatic rings. The van der Waals surface area contributed by atoms with Crippen molar-refractivity contribution in [3.63, 3.8) is 0 Å². The van der Waals surface area contributed by atoms with Crippen molar-refractivity contribution in [2.75, 3.05) is 0 Å². The second-order valence-electron chi connectivity index (χ2n) is 15.1. The number of pyridine rings is 1. The Kier molecular flexibility index (Phi) is 9.83. The highest BCUT2D eigenvalue weighted by Gasteiger charge is 2.32. The van der Waals surface area contributed by atoms with E-state index >= 15 is 0 Å². The molecule has 0 bridgehead atoms. The third-order valence-corrected chi connectivity index (χ3v) is 11.0. The lowest BCUT2D eigenvalue weighted by molar-refractivity contribution is 0.304. The van der Waals surface area contributed by atoms with Crippen molar-refractivity contribution in [3.8, 4) is 33.8 Å². The highest BCUT2D eigenvalue weighted by atomic mass is 19.1. The number of rotatable bonds is 9. The van der Waals surface area contributed by atoms with Crippen LogP contribution in [0.5, 0.6) is 11.5 Å². The summed E-state index contributed by atoms with van der Waals surface area (Å²) in [5.41, 5.74) is 12.7. The number of nitrogens with zero attached hydrogens (tertiary/aromatic N) is 1. The van der Waals surface area contributed by atoms with Crippen LogP contribution in [0.25, 0.3) is 34.4 Å². The van der Waals surface area contributed by atoms with E-state index < -0.39 is 5.63 Å². The van der Waals surface area contributed by atoms with Crippen LogP contribution in [0.2, 0.25) is 0 Å². The standard InChI is InChI=1S/C49H44FNO4/c1-29(2)46-41(45(32-17-21-34(50)22-18-32)43(47(51-46)30(3)4)28-55-35-12-6-5-7-13-35)24-20-33-27-42-38(37-15-9-8-14-36(33)37)23-19-31-11-10-16-39(44(31)42)40-25-26-54-49(53)48(40)52/h5-15,17-26,29-30,33,39,52H,16,27-28H2,1-4H3. The first kappa shape index (κ1) is 36.0. The van der Waals surface area contributed by atoms with Crippen molar-refractivity contribution in [2.24, 2.45) is 0 Å². The van der Waals surface area contributed by atoms with Gasteiger partial charge in [-0.15, -0.1) is 0 Å². The maximum Gasteiger partial charge on any atom is 0.378 e. The quantitative estimate of drug-likeness (QED) is 0.160. The van der Waals surface area contributed by atoms with E-state index in [0.29, 0.717) is 18.6 Å². The number of allylic oxidation sites excluding steroid dienone is 2. The number of hydrogen-bond donors (Lipinski definition) is 1. The van der Waals surface area contributed by atoms with E-state index in [1.807, 2.05) is 42.5 Å². The van der Waals surface area contributed by atoms with Crippen molar-refractivity contribution in [2.45, 2.75) is 70.8 Å². The number of benzene rings is 4. The van der Waals surface area contributed by atoms with Gasteiger partial charge in [-0.2, -0.15) is 0 Å². The van der Waals surface area contributed by atoms with E-state index in [-0.39, 0.29) is 35.2 Å².